The maximum Gasteiger partial charge on any atom is 0.230 e. The van der Waals surface area contributed by atoms with E-state index in [1.54, 1.807) is 4.68 Å². The van der Waals surface area contributed by atoms with Crippen LogP contribution in [-0.2, 0) is 4.79 Å². The van der Waals surface area contributed by atoms with E-state index in [2.05, 4.69) is 41.6 Å². The number of thiazole rings is 1. The van der Waals surface area contributed by atoms with E-state index in [9.17, 15) is 4.79 Å². The Morgan fingerprint density at radius 1 is 1.16 bits per heavy atom. The monoisotopic (exact) mass is 354 g/mol. The third-order valence-corrected chi connectivity index (χ3v) is 4.59. The Labute approximate surface area is 151 Å². The lowest BCUT2D eigenvalue weighted by Crippen LogP contribution is -2.28. The van der Waals surface area contributed by atoms with Crippen molar-refractivity contribution in [1.29, 1.82) is 0 Å². The van der Waals surface area contributed by atoms with Crippen molar-refractivity contribution in [3.05, 3.63) is 47.0 Å². The fourth-order valence-corrected chi connectivity index (χ4v) is 3.05. The van der Waals surface area contributed by atoms with Crippen molar-refractivity contribution >= 4 is 23.1 Å². The summed E-state index contributed by atoms with van der Waals surface area (Å²) < 4.78 is 1.70. The summed E-state index contributed by atoms with van der Waals surface area (Å²) in [5, 5.41) is 10.2. The molecule has 1 amide bonds. The van der Waals surface area contributed by atoms with Crippen LogP contribution >= 0.6 is 11.3 Å². The molecule has 0 spiro atoms. The highest BCUT2D eigenvalue weighted by atomic mass is 32.1. The summed E-state index contributed by atoms with van der Waals surface area (Å²) in [5.74, 6) is 0.589. The Balaban J connectivity index is 1.93. The highest BCUT2D eigenvalue weighted by Crippen LogP contribution is 2.27. The molecule has 3 aromatic rings. The third-order valence-electron chi connectivity index (χ3n) is 3.77. The van der Waals surface area contributed by atoms with E-state index >= 15 is 0 Å². The van der Waals surface area contributed by atoms with E-state index < -0.39 is 5.41 Å². The molecule has 0 saturated carbocycles. The Morgan fingerprint density at radius 3 is 2.48 bits per heavy atom. The molecule has 25 heavy (non-hydrogen) atoms. The fraction of sp³-hybridized carbons (Fsp3) is 0.316. The Hall–Kier alpha value is -2.47. The SMILES string of the molecule is Cc1ccc(-c2csc(-n3nc(C)cc3NC(=O)C(C)(C)C)n2)cc1. The van der Waals surface area contributed by atoms with Gasteiger partial charge in [-0.1, -0.05) is 50.6 Å². The molecule has 1 N–H and O–H groups in total. The molecule has 3 rings (SSSR count). The van der Waals surface area contributed by atoms with Crippen molar-refractivity contribution in [3.8, 4) is 16.4 Å². The van der Waals surface area contributed by atoms with Gasteiger partial charge < -0.3 is 5.32 Å². The number of benzene rings is 1. The molecule has 2 aromatic heterocycles. The minimum absolute atomic E-state index is 0.0519. The van der Waals surface area contributed by atoms with E-state index in [1.165, 1.54) is 16.9 Å². The van der Waals surface area contributed by atoms with Crippen molar-refractivity contribution in [3.63, 3.8) is 0 Å². The number of carbonyl (C=O) groups excluding carboxylic acids is 1. The van der Waals surface area contributed by atoms with Crippen LogP contribution in [0.25, 0.3) is 16.4 Å². The molecule has 0 bridgehead atoms. The van der Waals surface area contributed by atoms with E-state index in [0.717, 1.165) is 22.1 Å². The summed E-state index contributed by atoms with van der Waals surface area (Å²) >= 11 is 1.50. The fourth-order valence-electron chi connectivity index (χ4n) is 2.26. The van der Waals surface area contributed by atoms with Gasteiger partial charge in [0, 0.05) is 22.4 Å². The third kappa shape index (κ3) is 3.79. The lowest BCUT2D eigenvalue weighted by Gasteiger charge is -2.17. The van der Waals surface area contributed by atoms with E-state index in [1.807, 2.05) is 39.1 Å². The molecule has 0 fully saturated rings. The van der Waals surface area contributed by atoms with Crippen LogP contribution in [0.1, 0.15) is 32.0 Å². The zero-order valence-corrected chi connectivity index (χ0v) is 15.9. The van der Waals surface area contributed by atoms with Gasteiger partial charge in [-0.2, -0.15) is 9.78 Å². The number of aryl methyl sites for hydroxylation is 2. The van der Waals surface area contributed by atoms with Crippen LogP contribution in [0.2, 0.25) is 0 Å². The first-order chi connectivity index (χ1) is 11.7. The summed E-state index contributed by atoms with van der Waals surface area (Å²) in [7, 11) is 0. The first kappa shape index (κ1) is 17.4. The molecule has 0 aliphatic carbocycles. The minimum atomic E-state index is -0.473. The van der Waals surface area contributed by atoms with Gasteiger partial charge in [0.05, 0.1) is 11.4 Å². The lowest BCUT2D eigenvalue weighted by atomic mass is 9.96. The number of hydrogen-bond donors (Lipinski definition) is 1. The second-order valence-corrected chi connectivity index (χ2v) is 8.00. The van der Waals surface area contributed by atoms with Crippen molar-refractivity contribution in [1.82, 2.24) is 14.8 Å². The molecule has 0 radical (unpaired) electrons. The highest BCUT2D eigenvalue weighted by molar-refractivity contribution is 7.12. The van der Waals surface area contributed by atoms with Crippen molar-refractivity contribution in [2.45, 2.75) is 34.6 Å². The van der Waals surface area contributed by atoms with Gasteiger partial charge in [-0.3, -0.25) is 4.79 Å². The molecule has 130 valence electrons. The molecule has 5 nitrogen and oxygen atoms in total. The number of anilines is 1. The minimum Gasteiger partial charge on any atom is -0.310 e. The van der Waals surface area contributed by atoms with E-state index in [0.29, 0.717) is 5.82 Å². The van der Waals surface area contributed by atoms with Crippen molar-refractivity contribution in [2.24, 2.45) is 5.41 Å². The van der Waals surface area contributed by atoms with Gasteiger partial charge in [0.15, 0.2) is 0 Å². The molecule has 0 atom stereocenters. The quantitative estimate of drug-likeness (QED) is 0.748. The zero-order valence-electron chi connectivity index (χ0n) is 15.1. The predicted molar refractivity (Wildman–Crippen MR) is 102 cm³/mol. The van der Waals surface area contributed by atoms with Gasteiger partial charge in [0.2, 0.25) is 11.0 Å². The zero-order chi connectivity index (χ0) is 18.2. The van der Waals surface area contributed by atoms with E-state index in [-0.39, 0.29) is 5.91 Å². The normalized spacial score (nSPS) is 11.6. The number of amides is 1. The van der Waals surface area contributed by atoms with Gasteiger partial charge >= 0.3 is 0 Å². The lowest BCUT2D eigenvalue weighted by molar-refractivity contribution is -0.123. The standard InChI is InChI=1S/C19H22N4OS/c1-12-6-8-14(9-7-12)15-11-25-18(20-15)23-16(10-13(2)22-23)21-17(24)19(3,4)5/h6-11H,1-5H3,(H,21,24). The number of nitrogens with zero attached hydrogens (tertiary/aromatic N) is 3. The van der Waals surface area contributed by atoms with Gasteiger partial charge in [0.1, 0.15) is 5.82 Å². The number of rotatable bonds is 3. The molecule has 0 unspecified atom stereocenters. The van der Waals surface area contributed by atoms with Crippen LogP contribution < -0.4 is 5.32 Å². The smallest absolute Gasteiger partial charge is 0.230 e. The van der Waals surface area contributed by atoms with Crippen LogP contribution in [0, 0.1) is 19.3 Å². The summed E-state index contributed by atoms with van der Waals surface area (Å²) in [6.07, 6.45) is 0. The van der Waals surface area contributed by atoms with Gasteiger partial charge in [-0.15, -0.1) is 11.3 Å². The average Bonchev–Trinajstić information content (AvgIpc) is 3.14. The number of nitrogens with one attached hydrogen (secondary N) is 1. The van der Waals surface area contributed by atoms with Gasteiger partial charge in [0.25, 0.3) is 0 Å². The number of aromatic nitrogens is 3. The second kappa shape index (κ2) is 6.44. The van der Waals surface area contributed by atoms with Crippen LogP contribution in [0.4, 0.5) is 5.82 Å². The predicted octanol–water partition coefficient (Wildman–Crippen LogP) is 4.60. The molecule has 0 saturated heterocycles. The van der Waals surface area contributed by atoms with Crippen molar-refractivity contribution in [2.75, 3.05) is 5.32 Å². The van der Waals surface area contributed by atoms with Gasteiger partial charge in [-0.05, 0) is 13.8 Å². The Bertz CT molecular complexity index is 900. The summed E-state index contributed by atoms with van der Waals surface area (Å²) in [4.78, 5) is 17.0. The van der Waals surface area contributed by atoms with Crippen LogP contribution in [-0.4, -0.2) is 20.7 Å². The maximum atomic E-state index is 12.3. The van der Waals surface area contributed by atoms with E-state index in [4.69, 9.17) is 4.98 Å². The first-order valence-corrected chi connectivity index (χ1v) is 9.03. The molecule has 0 aliphatic heterocycles. The molecule has 0 aliphatic rings. The topological polar surface area (TPSA) is 59.8 Å². The molecular weight excluding hydrogens is 332 g/mol. The van der Waals surface area contributed by atoms with Gasteiger partial charge in [-0.25, -0.2) is 4.98 Å². The first-order valence-electron chi connectivity index (χ1n) is 8.15. The Kier molecular flexibility index (Phi) is 4.47. The molecule has 2 heterocycles. The van der Waals surface area contributed by atoms with Crippen molar-refractivity contribution < 1.29 is 4.79 Å². The summed E-state index contributed by atoms with van der Waals surface area (Å²) in [6.45, 7) is 9.61. The van der Waals surface area contributed by atoms with Crippen LogP contribution in [0.15, 0.2) is 35.7 Å². The summed E-state index contributed by atoms with van der Waals surface area (Å²) in [5.41, 5.74) is 3.54. The molecule has 6 heteroatoms. The second-order valence-electron chi connectivity index (χ2n) is 7.17. The maximum absolute atomic E-state index is 12.3. The number of hydrogen-bond acceptors (Lipinski definition) is 4. The van der Waals surface area contributed by atoms with Crippen LogP contribution in [0.5, 0.6) is 0 Å². The Morgan fingerprint density at radius 2 is 1.84 bits per heavy atom. The average molecular weight is 354 g/mol. The largest absolute Gasteiger partial charge is 0.310 e. The molecule has 1 aromatic carbocycles. The molecular formula is C19H22N4OS. The number of carbonyl (C=O) groups is 1. The summed E-state index contributed by atoms with van der Waals surface area (Å²) in [6, 6.07) is 10.1. The van der Waals surface area contributed by atoms with Crippen LogP contribution in [0.3, 0.4) is 0 Å². The highest BCUT2D eigenvalue weighted by Gasteiger charge is 2.23.